The first-order valence-corrected chi connectivity index (χ1v) is 6.55. The van der Waals surface area contributed by atoms with Crippen molar-refractivity contribution < 1.29 is 4.79 Å². The summed E-state index contributed by atoms with van der Waals surface area (Å²) in [5.74, 6) is -0.0440. The predicted molar refractivity (Wildman–Crippen MR) is 75.5 cm³/mol. The zero-order chi connectivity index (χ0) is 13.9. The number of amides is 1. The Morgan fingerprint density at radius 2 is 1.89 bits per heavy atom. The van der Waals surface area contributed by atoms with Gasteiger partial charge in [0.2, 0.25) is 5.91 Å². The predicted octanol–water partition coefficient (Wildman–Crippen LogP) is 2.99. The lowest BCUT2D eigenvalue weighted by Gasteiger charge is -2.34. The van der Waals surface area contributed by atoms with E-state index in [4.69, 9.17) is 17.3 Å². The summed E-state index contributed by atoms with van der Waals surface area (Å²) in [5.41, 5.74) is 6.72. The Morgan fingerprint density at radius 3 is 2.33 bits per heavy atom. The number of nitrogens with zero attached hydrogens (tertiary/aromatic N) is 1. The molecule has 0 spiro atoms. The fourth-order valence-corrected chi connectivity index (χ4v) is 2.25. The number of carbonyl (C=O) groups is 1. The van der Waals surface area contributed by atoms with E-state index in [1.165, 1.54) is 0 Å². The summed E-state index contributed by atoms with van der Waals surface area (Å²) in [7, 11) is 0. The molecule has 0 radical (unpaired) electrons. The first-order valence-electron chi connectivity index (χ1n) is 6.17. The van der Waals surface area contributed by atoms with Crippen LogP contribution in [0.5, 0.6) is 0 Å². The van der Waals surface area contributed by atoms with Crippen molar-refractivity contribution in [1.29, 1.82) is 0 Å². The molecule has 100 valence electrons. The van der Waals surface area contributed by atoms with Crippen LogP contribution in [0.15, 0.2) is 24.3 Å². The number of carbonyl (C=O) groups excluding carboxylic acids is 1. The zero-order valence-corrected chi connectivity index (χ0v) is 12.1. The van der Waals surface area contributed by atoms with Crippen LogP contribution in [0.3, 0.4) is 0 Å². The van der Waals surface area contributed by atoms with Crippen molar-refractivity contribution in [3.63, 3.8) is 0 Å². The topological polar surface area (TPSA) is 46.3 Å². The van der Waals surface area contributed by atoms with Crippen molar-refractivity contribution >= 4 is 17.5 Å². The molecule has 1 aromatic carbocycles. The quantitative estimate of drug-likeness (QED) is 0.913. The third-order valence-electron chi connectivity index (χ3n) is 2.95. The number of hydrogen-bond acceptors (Lipinski definition) is 2. The van der Waals surface area contributed by atoms with Crippen molar-refractivity contribution in [3.05, 3.63) is 34.9 Å². The first-order chi connectivity index (χ1) is 8.34. The Labute approximate surface area is 114 Å². The molecule has 0 aromatic heterocycles. The molecule has 4 heteroatoms. The van der Waals surface area contributed by atoms with E-state index in [0.717, 1.165) is 5.56 Å². The van der Waals surface area contributed by atoms with E-state index in [0.29, 0.717) is 5.02 Å². The Balaban J connectivity index is 3.03. The fourth-order valence-electron chi connectivity index (χ4n) is 2.05. The molecular formula is C14H21ClN2O. The molecule has 0 saturated carbocycles. The van der Waals surface area contributed by atoms with Crippen LogP contribution < -0.4 is 5.73 Å². The number of benzene rings is 1. The molecule has 1 unspecified atom stereocenters. The van der Waals surface area contributed by atoms with Crippen molar-refractivity contribution in [3.8, 4) is 0 Å². The zero-order valence-electron chi connectivity index (χ0n) is 11.4. The number of rotatable bonds is 4. The molecule has 1 rings (SSSR count). The van der Waals surface area contributed by atoms with E-state index < -0.39 is 6.04 Å². The van der Waals surface area contributed by atoms with Gasteiger partial charge in [-0.2, -0.15) is 0 Å². The highest BCUT2D eigenvalue weighted by Gasteiger charge is 2.26. The number of hydrogen-bond donors (Lipinski definition) is 1. The minimum absolute atomic E-state index is 0.0396. The summed E-state index contributed by atoms with van der Waals surface area (Å²) >= 11 is 5.99. The van der Waals surface area contributed by atoms with Gasteiger partial charge in [0.25, 0.3) is 0 Å². The second-order valence-corrected chi connectivity index (χ2v) is 5.30. The summed E-state index contributed by atoms with van der Waals surface area (Å²) < 4.78 is 0. The minimum Gasteiger partial charge on any atom is -0.332 e. The molecule has 0 aliphatic carbocycles. The van der Waals surface area contributed by atoms with E-state index in [2.05, 4.69) is 0 Å². The highest BCUT2D eigenvalue weighted by atomic mass is 35.5. The molecule has 1 amide bonds. The van der Waals surface area contributed by atoms with Gasteiger partial charge in [0.05, 0.1) is 12.1 Å². The summed E-state index contributed by atoms with van der Waals surface area (Å²) in [6.45, 7) is 7.68. The first kappa shape index (κ1) is 15.0. The lowest BCUT2D eigenvalue weighted by molar-refractivity contribution is -0.136. The van der Waals surface area contributed by atoms with Crippen LogP contribution in [0.2, 0.25) is 5.02 Å². The van der Waals surface area contributed by atoms with Gasteiger partial charge in [-0.15, -0.1) is 0 Å². The maximum atomic E-state index is 12.2. The minimum atomic E-state index is -0.492. The van der Waals surface area contributed by atoms with E-state index in [1.807, 2.05) is 45.0 Å². The van der Waals surface area contributed by atoms with E-state index in [9.17, 15) is 4.79 Å². The summed E-state index contributed by atoms with van der Waals surface area (Å²) in [4.78, 5) is 14.0. The van der Waals surface area contributed by atoms with Gasteiger partial charge in [0.15, 0.2) is 0 Å². The SMILES string of the molecule is CC(C)N(C(=O)[C@H](C)N)C(C)c1cccc(Cl)c1. The van der Waals surface area contributed by atoms with Gasteiger partial charge >= 0.3 is 0 Å². The summed E-state index contributed by atoms with van der Waals surface area (Å²) in [6.07, 6.45) is 0. The number of nitrogens with two attached hydrogens (primary N) is 1. The van der Waals surface area contributed by atoms with Crippen LogP contribution in [0.1, 0.15) is 39.3 Å². The van der Waals surface area contributed by atoms with Gasteiger partial charge in [0, 0.05) is 11.1 Å². The normalized spacial score (nSPS) is 14.4. The fraction of sp³-hybridized carbons (Fsp3) is 0.500. The molecule has 0 aliphatic rings. The van der Waals surface area contributed by atoms with Crippen molar-refractivity contribution in [2.75, 3.05) is 0 Å². The van der Waals surface area contributed by atoms with Crippen LogP contribution in [0.25, 0.3) is 0 Å². The van der Waals surface area contributed by atoms with Crippen LogP contribution in [0.4, 0.5) is 0 Å². The Morgan fingerprint density at radius 1 is 1.28 bits per heavy atom. The van der Waals surface area contributed by atoms with Gasteiger partial charge in [-0.05, 0) is 45.4 Å². The van der Waals surface area contributed by atoms with Gasteiger partial charge in [-0.25, -0.2) is 0 Å². The molecular weight excluding hydrogens is 248 g/mol. The molecule has 0 aliphatic heterocycles. The second kappa shape index (κ2) is 6.21. The Kier molecular flexibility index (Phi) is 5.17. The van der Waals surface area contributed by atoms with Crippen molar-refractivity contribution in [2.24, 2.45) is 5.73 Å². The highest BCUT2D eigenvalue weighted by molar-refractivity contribution is 6.30. The van der Waals surface area contributed by atoms with E-state index >= 15 is 0 Å². The lowest BCUT2D eigenvalue weighted by Crippen LogP contribution is -2.46. The maximum absolute atomic E-state index is 12.2. The third kappa shape index (κ3) is 3.47. The van der Waals surface area contributed by atoms with Crippen molar-refractivity contribution in [1.82, 2.24) is 4.90 Å². The molecule has 2 atom stereocenters. The van der Waals surface area contributed by atoms with Gasteiger partial charge < -0.3 is 10.6 Å². The molecule has 0 bridgehead atoms. The molecule has 1 aromatic rings. The summed E-state index contributed by atoms with van der Waals surface area (Å²) in [6, 6.07) is 7.14. The molecule has 3 nitrogen and oxygen atoms in total. The Hall–Kier alpha value is -1.06. The van der Waals surface area contributed by atoms with Crippen LogP contribution in [-0.4, -0.2) is 22.9 Å². The molecule has 0 saturated heterocycles. The third-order valence-corrected chi connectivity index (χ3v) is 3.18. The average Bonchev–Trinajstić information content (AvgIpc) is 2.28. The molecule has 2 N–H and O–H groups in total. The summed E-state index contributed by atoms with van der Waals surface area (Å²) in [5, 5.41) is 0.677. The van der Waals surface area contributed by atoms with E-state index in [-0.39, 0.29) is 18.0 Å². The number of halogens is 1. The monoisotopic (exact) mass is 268 g/mol. The second-order valence-electron chi connectivity index (χ2n) is 4.86. The van der Waals surface area contributed by atoms with Crippen LogP contribution in [0, 0.1) is 0 Å². The highest BCUT2D eigenvalue weighted by Crippen LogP contribution is 2.25. The van der Waals surface area contributed by atoms with Gasteiger partial charge in [-0.1, -0.05) is 23.7 Å². The van der Waals surface area contributed by atoms with Crippen molar-refractivity contribution in [2.45, 2.75) is 45.8 Å². The molecule has 0 fully saturated rings. The Bertz CT molecular complexity index is 418. The lowest BCUT2D eigenvalue weighted by atomic mass is 10.0. The average molecular weight is 269 g/mol. The van der Waals surface area contributed by atoms with Gasteiger partial charge in [-0.3, -0.25) is 4.79 Å². The van der Waals surface area contributed by atoms with Gasteiger partial charge in [0.1, 0.15) is 0 Å². The maximum Gasteiger partial charge on any atom is 0.239 e. The van der Waals surface area contributed by atoms with Crippen LogP contribution >= 0.6 is 11.6 Å². The standard InChI is InChI=1S/C14H21ClN2O/c1-9(2)17(14(18)10(3)16)11(4)12-6-5-7-13(15)8-12/h5-11H,16H2,1-4H3/t10-,11?/m0/s1. The van der Waals surface area contributed by atoms with E-state index in [1.54, 1.807) is 11.8 Å². The largest absolute Gasteiger partial charge is 0.332 e. The molecule has 18 heavy (non-hydrogen) atoms. The molecule has 0 heterocycles. The smallest absolute Gasteiger partial charge is 0.239 e. The van der Waals surface area contributed by atoms with Crippen LogP contribution in [-0.2, 0) is 4.79 Å².